The largest absolute Gasteiger partial charge is 0.462 e. The van der Waals surface area contributed by atoms with Gasteiger partial charge in [0, 0.05) is 12.1 Å². The minimum absolute atomic E-state index is 0.0250. The van der Waals surface area contributed by atoms with Crippen molar-refractivity contribution in [1.29, 1.82) is 0 Å². The standard InChI is InChI=1S/C21H22ClN3O5S2/c1-4-30-20(28)18-12(2)9-17(32-18)24-16(26)11-31-21-23-15-10-13(22)5-6-14(15)19(27)25(21)7-8-29-3/h5-6,9-10H,4,7-8,11H2,1-3H3,(H,24,26). The first-order valence-corrected chi connectivity index (χ1v) is 11.9. The van der Waals surface area contributed by atoms with E-state index in [2.05, 4.69) is 10.3 Å². The van der Waals surface area contributed by atoms with E-state index in [4.69, 9.17) is 21.1 Å². The van der Waals surface area contributed by atoms with Gasteiger partial charge in [-0.15, -0.1) is 11.3 Å². The van der Waals surface area contributed by atoms with Gasteiger partial charge in [-0.2, -0.15) is 0 Å². The summed E-state index contributed by atoms with van der Waals surface area (Å²) >= 11 is 8.35. The van der Waals surface area contributed by atoms with Gasteiger partial charge in [0.15, 0.2) is 5.16 Å². The van der Waals surface area contributed by atoms with Crippen LogP contribution in [-0.4, -0.2) is 47.5 Å². The number of carbonyl (C=O) groups excluding carboxylic acids is 2. The number of aromatic nitrogens is 2. The van der Waals surface area contributed by atoms with Crippen molar-refractivity contribution in [3.63, 3.8) is 0 Å². The van der Waals surface area contributed by atoms with Crippen LogP contribution in [0.25, 0.3) is 10.9 Å². The summed E-state index contributed by atoms with van der Waals surface area (Å²) in [5.41, 5.74) is 0.976. The molecule has 0 aliphatic carbocycles. The Morgan fingerprint density at radius 1 is 1.31 bits per heavy atom. The highest BCUT2D eigenvalue weighted by molar-refractivity contribution is 7.99. The summed E-state index contributed by atoms with van der Waals surface area (Å²) in [6.07, 6.45) is 0. The Labute approximate surface area is 197 Å². The molecule has 0 saturated carbocycles. The van der Waals surface area contributed by atoms with Crippen molar-refractivity contribution in [2.24, 2.45) is 0 Å². The molecular weight excluding hydrogens is 474 g/mol. The number of thiophene rings is 1. The highest BCUT2D eigenvalue weighted by Gasteiger charge is 2.17. The summed E-state index contributed by atoms with van der Waals surface area (Å²) in [5, 5.41) is 4.64. The van der Waals surface area contributed by atoms with Crippen molar-refractivity contribution >= 4 is 62.5 Å². The van der Waals surface area contributed by atoms with Crippen LogP contribution >= 0.6 is 34.7 Å². The van der Waals surface area contributed by atoms with E-state index < -0.39 is 5.97 Å². The van der Waals surface area contributed by atoms with Crippen molar-refractivity contribution in [1.82, 2.24) is 9.55 Å². The van der Waals surface area contributed by atoms with Gasteiger partial charge in [-0.25, -0.2) is 9.78 Å². The maximum atomic E-state index is 12.9. The zero-order valence-corrected chi connectivity index (χ0v) is 20.2. The average Bonchev–Trinajstić information content (AvgIpc) is 3.11. The van der Waals surface area contributed by atoms with Crippen molar-refractivity contribution in [3.05, 3.63) is 50.1 Å². The first-order valence-electron chi connectivity index (χ1n) is 9.73. The Hall–Kier alpha value is -2.40. The number of hydrogen-bond acceptors (Lipinski definition) is 8. The van der Waals surface area contributed by atoms with Gasteiger partial charge < -0.3 is 14.8 Å². The summed E-state index contributed by atoms with van der Waals surface area (Å²) in [6.45, 7) is 4.43. The van der Waals surface area contributed by atoms with Gasteiger partial charge in [-0.1, -0.05) is 23.4 Å². The molecule has 3 aromatic rings. The minimum Gasteiger partial charge on any atom is -0.462 e. The molecule has 0 saturated heterocycles. The van der Waals surface area contributed by atoms with Gasteiger partial charge in [0.25, 0.3) is 5.56 Å². The molecule has 1 amide bonds. The second-order valence-corrected chi connectivity index (χ2v) is 9.12. The molecule has 11 heteroatoms. The molecule has 32 heavy (non-hydrogen) atoms. The molecule has 0 radical (unpaired) electrons. The topological polar surface area (TPSA) is 99.5 Å². The van der Waals surface area contributed by atoms with E-state index in [0.717, 1.165) is 28.7 Å². The van der Waals surface area contributed by atoms with Gasteiger partial charge >= 0.3 is 5.97 Å². The summed E-state index contributed by atoms with van der Waals surface area (Å²) in [6, 6.07) is 6.62. The van der Waals surface area contributed by atoms with Crippen LogP contribution in [0.4, 0.5) is 5.00 Å². The Morgan fingerprint density at radius 3 is 2.81 bits per heavy atom. The number of nitrogens with zero attached hydrogens (tertiary/aromatic N) is 2. The molecule has 0 aliphatic rings. The van der Waals surface area contributed by atoms with Crippen LogP contribution in [0.15, 0.2) is 34.2 Å². The molecule has 0 aliphatic heterocycles. The highest BCUT2D eigenvalue weighted by Crippen LogP contribution is 2.28. The summed E-state index contributed by atoms with van der Waals surface area (Å²) in [4.78, 5) is 42.4. The van der Waals surface area contributed by atoms with E-state index in [9.17, 15) is 14.4 Å². The fourth-order valence-corrected chi connectivity index (χ4v) is 4.88. The molecular formula is C21H22ClN3O5S2. The fraction of sp³-hybridized carbons (Fsp3) is 0.333. The third kappa shape index (κ3) is 5.69. The number of methoxy groups -OCH3 is 1. The first kappa shape index (κ1) is 24.2. The molecule has 1 N–H and O–H groups in total. The second-order valence-electron chi connectivity index (χ2n) is 6.69. The summed E-state index contributed by atoms with van der Waals surface area (Å²) < 4.78 is 11.6. The Bertz CT molecular complexity index is 1210. The molecule has 1 aromatic carbocycles. The molecule has 2 aromatic heterocycles. The lowest BCUT2D eigenvalue weighted by atomic mass is 10.2. The lowest BCUT2D eigenvalue weighted by Gasteiger charge is -2.12. The number of benzene rings is 1. The van der Waals surface area contributed by atoms with Crippen LogP contribution in [0.1, 0.15) is 22.2 Å². The van der Waals surface area contributed by atoms with E-state index in [1.165, 1.54) is 4.57 Å². The molecule has 3 rings (SSSR count). The van der Waals surface area contributed by atoms with Gasteiger partial charge in [0.05, 0.1) is 41.4 Å². The van der Waals surface area contributed by atoms with Crippen LogP contribution in [0.3, 0.4) is 0 Å². The predicted octanol–water partition coefficient (Wildman–Crippen LogP) is 3.97. The summed E-state index contributed by atoms with van der Waals surface area (Å²) in [7, 11) is 1.55. The van der Waals surface area contributed by atoms with Crippen LogP contribution in [-0.2, 0) is 20.8 Å². The number of aryl methyl sites for hydroxylation is 1. The van der Waals surface area contributed by atoms with Crippen molar-refractivity contribution in [2.75, 3.05) is 31.4 Å². The molecule has 170 valence electrons. The van der Waals surface area contributed by atoms with E-state index in [1.807, 2.05) is 0 Å². The zero-order chi connectivity index (χ0) is 23.3. The SMILES string of the molecule is CCOC(=O)c1sc(NC(=O)CSc2nc3cc(Cl)ccc3c(=O)n2CCOC)cc1C. The fourth-order valence-electron chi connectivity index (χ4n) is 2.91. The maximum absolute atomic E-state index is 12.9. The summed E-state index contributed by atoms with van der Waals surface area (Å²) in [5.74, 6) is -0.673. The number of rotatable bonds is 9. The lowest BCUT2D eigenvalue weighted by molar-refractivity contribution is -0.113. The third-order valence-corrected chi connectivity index (χ3v) is 6.72. The number of amides is 1. The quantitative estimate of drug-likeness (QED) is 0.272. The monoisotopic (exact) mass is 495 g/mol. The van der Waals surface area contributed by atoms with Crippen LogP contribution in [0, 0.1) is 6.92 Å². The average molecular weight is 496 g/mol. The predicted molar refractivity (Wildman–Crippen MR) is 127 cm³/mol. The van der Waals surface area contributed by atoms with Crippen molar-refractivity contribution < 1.29 is 19.1 Å². The minimum atomic E-state index is -0.411. The Balaban J connectivity index is 1.77. The van der Waals surface area contributed by atoms with E-state index in [-0.39, 0.29) is 23.8 Å². The Kier molecular flexibility index (Phi) is 8.30. The molecule has 0 unspecified atom stereocenters. The van der Waals surface area contributed by atoms with Gasteiger partial charge in [-0.3, -0.25) is 14.2 Å². The smallest absolute Gasteiger partial charge is 0.348 e. The number of nitrogens with one attached hydrogen (secondary N) is 1. The number of thioether (sulfide) groups is 1. The van der Waals surface area contributed by atoms with Crippen LogP contribution in [0.5, 0.6) is 0 Å². The van der Waals surface area contributed by atoms with Crippen LogP contribution < -0.4 is 10.9 Å². The van der Waals surface area contributed by atoms with Crippen molar-refractivity contribution in [3.8, 4) is 0 Å². The highest BCUT2D eigenvalue weighted by atomic mass is 35.5. The van der Waals surface area contributed by atoms with Gasteiger partial charge in [-0.05, 0) is 43.7 Å². The maximum Gasteiger partial charge on any atom is 0.348 e. The van der Waals surface area contributed by atoms with E-state index in [0.29, 0.717) is 44.1 Å². The molecule has 2 heterocycles. The van der Waals surface area contributed by atoms with E-state index in [1.54, 1.807) is 45.2 Å². The molecule has 0 spiro atoms. The molecule has 0 fully saturated rings. The number of esters is 1. The lowest BCUT2D eigenvalue weighted by Crippen LogP contribution is -2.26. The number of anilines is 1. The number of carbonyl (C=O) groups is 2. The molecule has 8 nitrogen and oxygen atoms in total. The normalized spacial score (nSPS) is 11.0. The van der Waals surface area contributed by atoms with Crippen LogP contribution in [0.2, 0.25) is 5.02 Å². The van der Waals surface area contributed by atoms with Gasteiger partial charge in [0.1, 0.15) is 4.88 Å². The number of ether oxygens (including phenoxy) is 2. The zero-order valence-electron chi connectivity index (χ0n) is 17.8. The third-order valence-electron chi connectivity index (χ3n) is 4.37. The van der Waals surface area contributed by atoms with E-state index >= 15 is 0 Å². The first-order chi connectivity index (χ1) is 15.3. The number of hydrogen-bond donors (Lipinski definition) is 1. The Morgan fingerprint density at radius 2 is 2.09 bits per heavy atom. The number of fused-ring (bicyclic) bond motifs is 1. The second kappa shape index (κ2) is 11.0. The molecule has 0 bridgehead atoms. The van der Waals surface area contributed by atoms with Crippen molar-refractivity contribution in [2.45, 2.75) is 25.5 Å². The molecule has 0 atom stereocenters. The number of halogens is 1. The van der Waals surface area contributed by atoms with Gasteiger partial charge in [0.2, 0.25) is 5.91 Å².